The summed E-state index contributed by atoms with van der Waals surface area (Å²) in [5.41, 5.74) is 1.34. The maximum atomic E-state index is 11.7. The summed E-state index contributed by atoms with van der Waals surface area (Å²) in [6.45, 7) is 9.79. The monoisotopic (exact) mass is 251 g/mol. The Morgan fingerprint density at radius 2 is 1.94 bits per heavy atom. The van der Waals surface area contributed by atoms with Gasteiger partial charge < -0.3 is 8.94 Å². The van der Waals surface area contributed by atoms with E-state index in [1.54, 1.807) is 0 Å². The van der Waals surface area contributed by atoms with Gasteiger partial charge in [0.2, 0.25) is 5.89 Å². The summed E-state index contributed by atoms with van der Waals surface area (Å²) in [4.78, 5) is 11.7. The second-order valence-electron chi connectivity index (χ2n) is 5.38. The van der Waals surface area contributed by atoms with Crippen LogP contribution in [0.1, 0.15) is 43.7 Å². The lowest BCUT2D eigenvalue weighted by Crippen LogP contribution is -2.17. The highest BCUT2D eigenvalue weighted by Crippen LogP contribution is 2.19. The first-order chi connectivity index (χ1) is 8.29. The highest BCUT2D eigenvalue weighted by molar-refractivity contribution is 5.20. The van der Waals surface area contributed by atoms with Crippen molar-refractivity contribution in [1.82, 2.24) is 14.9 Å². The molecule has 0 aromatic carbocycles. The predicted molar refractivity (Wildman–Crippen MR) is 64.5 cm³/mol. The molecule has 2 aromatic rings. The summed E-state index contributed by atoms with van der Waals surface area (Å²) in [5.74, 6) is 0.666. The van der Waals surface area contributed by atoms with E-state index in [9.17, 15) is 4.79 Å². The van der Waals surface area contributed by atoms with Crippen LogP contribution in [0.4, 0.5) is 0 Å². The van der Waals surface area contributed by atoms with E-state index in [1.165, 1.54) is 4.68 Å². The van der Waals surface area contributed by atoms with E-state index in [1.807, 2.05) is 34.6 Å². The smallest absolute Gasteiger partial charge is 0.392 e. The molecule has 0 amide bonds. The fourth-order valence-corrected chi connectivity index (χ4v) is 1.59. The van der Waals surface area contributed by atoms with Crippen molar-refractivity contribution in [1.29, 1.82) is 0 Å². The second-order valence-corrected chi connectivity index (χ2v) is 5.38. The number of hydrogen-bond acceptors (Lipinski definition) is 5. The highest BCUT2D eigenvalue weighted by Gasteiger charge is 2.23. The van der Waals surface area contributed by atoms with Gasteiger partial charge in [0.1, 0.15) is 5.76 Å². The molecule has 0 aliphatic carbocycles. The third-order valence-corrected chi connectivity index (χ3v) is 2.74. The van der Waals surface area contributed by atoms with E-state index in [4.69, 9.17) is 8.94 Å². The molecule has 0 atom stereocenters. The van der Waals surface area contributed by atoms with Crippen molar-refractivity contribution in [2.75, 3.05) is 0 Å². The number of aryl methyl sites for hydroxylation is 2. The van der Waals surface area contributed by atoms with Crippen LogP contribution in [-0.4, -0.2) is 14.9 Å². The van der Waals surface area contributed by atoms with Crippen LogP contribution in [0.2, 0.25) is 0 Å². The van der Waals surface area contributed by atoms with E-state index >= 15 is 0 Å². The minimum absolute atomic E-state index is 0.289. The molecule has 0 spiro atoms. The Balaban J connectivity index is 2.37. The van der Waals surface area contributed by atoms with Crippen molar-refractivity contribution in [2.24, 2.45) is 0 Å². The van der Waals surface area contributed by atoms with Crippen LogP contribution >= 0.6 is 0 Å². The van der Waals surface area contributed by atoms with E-state index in [-0.39, 0.29) is 5.41 Å². The Bertz CT molecular complexity index is 594. The van der Waals surface area contributed by atoms with Gasteiger partial charge in [-0.05, 0) is 13.8 Å². The third kappa shape index (κ3) is 2.23. The third-order valence-electron chi connectivity index (χ3n) is 2.74. The van der Waals surface area contributed by atoms with Crippen molar-refractivity contribution in [3.05, 3.63) is 33.5 Å². The van der Waals surface area contributed by atoms with Crippen LogP contribution in [0.5, 0.6) is 0 Å². The summed E-state index contributed by atoms with van der Waals surface area (Å²) < 4.78 is 11.5. The molecule has 0 N–H and O–H groups in total. The fourth-order valence-electron chi connectivity index (χ4n) is 1.59. The number of rotatable bonds is 2. The fraction of sp³-hybridized carbons (Fsp3) is 0.583. The number of nitrogens with zero attached hydrogens (tertiary/aromatic N) is 3. The maximum absolute atomic E-state index is 11.7. The van der Waals surface area contributed by atoms with Gasteiger partial charge in [-0.25, -0.2) is 4.79 Å². The Hall–Kier alpha value is -1.85. The molecule has 0 fully saturated rings. The maximum Gasteiger partial charge on any atom is 0.437 e. The van der Waals surface area contributed by atoms with Gasteiger partial charge in [-0.1, -0.05) is 25.9 Å². The zero-order valence-electron chi connectivity index (χ0n) is 11.3. The van der Waals surface area contributed by atoms with E-state index in [0.717, 1.165) is 11.3 Å². The van der Waals surface area contributed by atoms with Gasteiger partial charge >= 0.3 is 5.76 Å². The van der Waals surface area contributed by atoms with Gasteiger partial charge in [0, 0.05) is 11.0 Å². The molecule has 0 aliphatic heterocycles. The van der Waals surface area contributed by atoms with Crippen LogP contribution in [0.25, 0.3) is 0 Å². The highest BCUT2D eigenvalue weighted by atomic mass is 16.5. The molecule has 98 valence electrons. The summed E-state index contributed by atoms with van der Waals surface area (Å²) >= 11 is 0. The van der Waals surface area contributed by atoms with Crippen LogP contribution < -0.4 is 5.76 Å². The molecule has 0 saturated carbocycles. The molecule has 2 aromatic heterocycles. The lowest BCUT2D eigenvalue weighted by Gasteiger charge is -2.10. The molecule has 6 heteroatoms. The van der Waals surface area contributed by atoms with Gasteiger partial charge in [0.15, 0.2) is 0 Å². The standard InChI is InChI=1S/C12H17N3O3/c1-7-9(8(2)18-14-7)6-15-11(16)17-10(13-15)12(3,4)5/h6H2,1-5H3. The summed E-state index contributed by atoms with van der Waals surface area (Å²) in [7, 11) is 0. The number of aromatic nitrogens is 3. The molecule has 6 nitrogen and oxygen atoms in total. The summed E-state index contributed by atoms with van der Waals surface area (Å²) in [5, 5.41) is 8.05. The predicted octanol–water partition coefficient (Wildman–Crippen LogP) is 1.79. The topological polar surface area (TPSA) is 74.1 Å². The van der Waals surface area contributed by atoms with Crippen LogP contribution in [0, 0.1) is 13.8 Å². The lowest BCUT2D eigenvalue weighted by molar-refractivity contribution is 0.374. The molecule has 2 heterocycles. The van der Waals surface area contributed by atoms with Crippen molar-refractivity contribution in [3.8, 4) is 0 Å². The molecule has 18 heavy (non-hydrogen) atoms. The Kier molecular flexibility index (Phi) is 2.88. The molecule has 0 aliphatic rings. The minimum atomic E-state index is -0.458. The molecule has 0 unspecified atom stereocenters. The Morgan fingerprint density at radius 3 is 2.39 bits per heavy atom. The second kappa shape index (κ2) is 4.12. The normalized spacial score (nSPS) is 12.1. The molecule has 0 saturated heterocycles. The number of hydrogen-bond donors (Lipinski definition) is 0. The van der Waals surface area contributed by atoms with Crippen molar-refractivity contribution in [3.63, 3.8) is 0 Å². The van der Waals surface area contributed by atoms with E-state index in [2.05, 4.69) is 10.3 Å². The molecule has 0 bridgehead atoms. The summed E-state index contributed by atoms with van der Waals surface area (Å²) in [6, 6.07) is 0. The first-order valence-corrected chi connectivity index (χ1v) is 5.79. The zero-order chi connectivity index (χ0) is 13.5. The summed E-state index contributed by atoms with van der Waals surface area (Å²) in [6.07, 6.45) is 0. The lowest BCUT2D eigenvalue weighted by atomic mass is 9.97. The van der Waals surface area contributed by atoms with Crippen LogP contribution in [-0.2, 0) is 12.0 Å². The van der Waals surface area contributed by atoms with Gasteiger partial charge in [0.25, 0.3) is 0 Å². The van der Waals surface area contributed by atoms with Gasteiger partial charge in [-0.15, -0.1) is 5.10 Å². The quantitative estimate of drug-likeness (QED) is 0.813. The SMILES string of the molecule is Cc1noc(C)c1Cn1nc(C(C)(C)C)oc1=O. The van der Waals surface area contributed by atoms with Gasteiger partial charge in [0.05, 0.1) is 12.2 Å². The first-order valence-electron chi connectivity index (χ1n) is 5.79. The van der Waals surface area contributed by atoms with Crippen molar-refractivity contribution >= 4 is 0 Å². The van der Waals surface area contributed by atoms with Crippen molar-refractivity contribution < 1.29 is 8.94 Å². The largest absolute Gasteiger partial charge is 0.437 e. The average molecular weight is 251 g/mol. The Morgan fingerprint density at radius 1 is 1.28 bits per heavy atom. The van der Waals surface area contributed by atoms with E-state index in [0.29, 0.717) is 18.2 Å². The molecular formula is C12H17N3O3. The van der Waals surface area contributed by atoms with Gasteiger partial charge in [-0.2, -0.15) is 4.68 Å². The first kappa shape index (κ1) is 12.6. The molecular weight excluding hydrogens is 234 g/mol. The zero-order valence-corrected chi connectivity index (χ0v) is 11.3. The van der Waals surface area contributed by atoms with Crippen LogP contribution in [0.15, 0.2) is 13.7 Å². The van der Waals surface area contributed by atoms with Crippen molar-refractivity contribution in [2.45, 2.75) is 46.6 Å². The molecule has 0 radical (unpaired) electrons. The average Bonchev–Trinajstić information content (AvgIpc) is 2.76. The minimum Gasteiger partial charge on any atom is -0.392 e. The van der Waals surface area contributed by atoms with E-state index < -0.39 is 5.76 Å². The molecule has 2 rings (SSSR count). The Labute approximate surface area is 105 Å². The van der Waals surface area contributed by atoms with Crippen LogP contribution in [0.3, 0.4) is 0 Å². The van der Waals surface area contributed by atoms with Gasteiger partial charge in [-0.3, -0.25) is 0 Å².